The van der Waals surface area contributed by atoms with Crippen LogP contribution in [0.25, 0.3) is 0 Å². The average molecular weight is 480 g/mol. The molecule has 3 rings (SSSR count). The van der Waals surface area contributed by atoms with Crippen LogP contribution in [0.4, 0.5) is 0 Å². The molecule has 0 heterocycles. The second kappa shape index (κ2) is 13.6. The molecule has 0 amide bonds. The number of phenols is 1. The first-order chi connectivity index (χ1) is 15.8. The lowest BCUT2D eigenvalue weighted by Gasteiger charge is -2.27. The van der Waals surface area contributed by atoms with Crippen molar-refractivity contribution in [2.24, 2.45) is 0 Å². The van der Waals surface area contributed by atoms with E-state index in [-0.39, 0.29) is 10.8 Å². The van der Waals surface area contributed by atoms with Crippen LogP contribution in [0.3, 0.4) is 0 Å². The second-order valence-corrected chi connectivity index (χ2v) is 11.7. The summed E-state index contributed by atoms with van der Waals surface area (Å²) in [7, 11) is 3.75. The number of hydrogen-bond donors (Lipinski definition) is 2. The van der Waals surface area contributed by atoms with E-state index in [9.17, 15) is 5.11 Å². The van der Waals surface area contributed by atoms with Crippen LogP contribution in [-0.4, -0.2) is 19.2 Å². The zero-order chi connectivity index (χ0) is 25.9. The van der Waals surface area contributed by atoms with Crippen molar-refractivity contribution in [3.8, 4) is 5.75 Å². The molecule has 2 nitrogen and oxygen atoms in total. The minimum atomic E-state index is -0.0186. The quantitative estimate of drug-likeness (QED) is 0.395. The van der Waals surface area contributed by atoms with Gasteiger partial charge in [-0.25, -0.2) is 0 Å². The SMILES string of the molecule is CCc1cc(C(C)(C)C)cc(C(C)(C)C)c1O.CNC.Cc1ccccc1Sc1ccccc1. The molecule has 3 heteroatoms. The van der Waals surface area contributed by atoms with E-state index in [1.54, 1.807) is 0 Å². The fourth-order valence-corrected chi connectivity index (χ4v) is 4.18. The number of benzene rings is 3. The Morgan fingerprint density at radius 2 is 1.32 bits per heavy atom. The number of aryl methyl sites for hydroxylation is 2. The molecule has 3 aromatic rings. The number of rotatable bonds is 3. The highest BCUT2D eigenvalue weighted by Crippen LogP contribution is 2.37. The van der Waals surface area contributed by atoms with Crippen molar-refractivity contribution in [3.05, 3.63) is 89.0 Å². The molecule has 0 aliphatic rings. The maximum absolute atomic E-state index is 10.3. The Balaban J connectivity index is 0.000000308. The van der Waals surface area contributed by atoms with Crippen LogP contribution in [-0.2, 0) is 17.3 Å². The van der Waals surface area contributed by atoms with Gasteiger partial charge in [-0.3, -0.25) is 0 Å². The maximum atomic E-state index is 10.3. The van der Waals surface area contributed by atoms with Crippen molar-refractivity contribution < 1.29 is 5.11 Å². The first-order valence-corrected chi connectivity index (χ1v) is 12.9. The Hall–Kier alpha value is -2.23. The lowest BCUT2D eigenvalue weighted by atomic mass is 9.78. The van der Waals surface area contributed by atoms with Crippen LogP contribution in [0, 0.1) is 6.92 Å². The van der Waals surface area contributed by atoms with Crippen LogP contribution in [0.1, 0.15) is 70.7 Å². The monoisotopic (exact) mass is 479 g/mol. The first-order valence-electron chi connectivity index (χ1n) is 12.1. The molecule has 0 spiro atoms. The molecule has 34 heavy (non-hydrogen) atoms. The van der Waals surface area contributed by atoms with Gasteiger partial charge in [0.25, 0.3) is 0 Å². The predicted molar refractivity (Wildman–Crippen MR) is 152 cm³/mol. The molecule has 0 atom stereocenters. The lowest BCUT2D eigenvalue weighted by molar-refractivity contribution is 0.438. The molecule has 0 aliphatic carbocycles. The summed E-state index contributed by atoms with van der Waals surface area (Å²) in [5.41, 5.74) is 4.86. The lowest BCUT2D eigenvalue weighted by Crippen LogP contribution is -2.17. The second-order valence-electron chi connectivity index (χ2n) is 10.6. The molecular weight excluding hydrogens is 434 g/mol. The van der Waals surface area contributed by atoms with Gasteiger partial charge in [0.05, 0.1) is 0 Å². The van der Waals surface area contributed by atoms with E-state index in [1.165, 1.54) is 20.9 Å². The van der Waals surface area contributed by atoms with Gasteiger partial charge in [0, 0.05) is 9.79 Å². The fraction of sp³-hybridized carbons (Fsp3) is 0.419. The largest absolute Gasteiger partial charge is 0.507 e. The first kappa shape index (κ1) is 29.8. The molecule has 0 unspecified atom stereocenters. The van der Waals surface area contributed by atoms with Gasteiger partial charge >= 0.3 is 0 Å². The van der Waals surface area contributed by atoms with Gasteiger partial charge in [0.15, 0.2) is 0 Å². The maximum Gasteiger partial charge on any atom is 0.122 e. The van der Waals surface area contributed by atoms with Crippen molar-refractivity contribution in [2.45, 2.75) is 82.4 Å². The summed E-state index contributed by atoms with van der Waals surface area (Å²) in [6.07, 6.45) is 0.874. The van der Waals surface area contributed by atoms with Gasteiger partial charge in [-0.1, -0.05) is 109 Å². The van der Waals surface area contributed by atoms with Crippen LogP contribution in [0.5, 0.6) is 5.75 Å². The molecule has 0 aliphatic heterocycles. The Labute approximate surface area is 213 Å². The van der Waals surface area contributed by atoms with Gasteiger partial charge in [0.2, 0.25) is 0 Å². The number of aromatic hydroxyl groups is 1. The number of hydrogen-bond acceptors (Lipinski definition) is 3. The van der Waals surface area contributed by atoms with Crippen LogP contribution >= 0.6 is 11.8 Å². The summed E-state index contributed by atoms with van der Waals surface area (Å²) in [5.74, 6) is 0.480. The number of nitrogens with one attached hydrogen (secondary N) is 1. The summed E-state index contributed by atoms with van der Waals surface area (Å²) in [5, 5.41) is 13.1. The third-order valence-corrected chi connectivity index (χ3v) is 6.49. The van der Waals surface area contributed by atoms with E-state index < -0.39 is 0 Å². The van der Waals surface area contributed by atoms with Crippen molar-refractivity contribution >= 4 is 11.8 Å². The van der Waals surface area contributed by atoms with Crippen LogP contribution < -0.4 is 5.32 Å². The van der Waals surface area contributed by atoms with E-state index in [1.807, 2.05) is 31.9 Å². The minimum absolute atomic E-state index is 0.0186. The third kappa shape index (κ3) is 9.56. The van der Waals surface area contributed by atoms with Crippen molar-refractivity contribution in [1.82, 2.24) is 5.32 Å². The predicted octanol–water partition coefficient (Wildman–Crippen LogP) is 8.53. The Morgan fingerprint density at radius 1 is 0.794 bits per heavy atom. The molecular formula is C31H45NOS. The molecule has 0 radical (unpaired) electrons. The zero-order valence-corrected chi connectivity index (χ0v) is 23.7. The molecule has 0 aromatic heterocycles. The van der Waals surface area contributed by atoms with E-state index in [4.69, 9.17) is 0 Å². The van der Waals surface area contributed by atoms with Crippen molar-refractivity contribution in [2.75, 3.05) is 14.1 Å². The van der Waals surface area contributed by atoms with Crippen molar-refractivity contribution in [3.63, 3.8) is 0 Å². The van der Waals surface area contributed by atoms with Gasteiger partial charge < -0.3 is 10.4 Å². The molecule has 0 saturated heterocycles. The molecule has 0 saturated carbocycles. The minimum Gasteiger partial charge on any atom is -0.507 e. The van der Waals surface area contributed by atoms with Gasteiger partial charge in [-0.05, 0) is 78.7 Å². The summed E-state index contributed by atoms with van der Waals surface area (Å²) >= 11 is 1.81. The average Bonchev–Trinajstić information content (AvgIpc) is 2.76. The van der Waals surface area contributed by atoms with E-state index in [0.29, 0.717) is 5.75 Å². The smallest absolute Gasteiger partial charge is 0.122 e. The van der Waals surface area contributed by atoms with E-state index in [2.05, 4.69) is 121 Å². The molecule has 0 fully saturated rings. The molecule has 0 bridgehead atoms. The molecule has 186 valence electrons. The normalized spacial score (nSPS) is 11.1. The molecule has 2 N–H and O–H groups in total. The Morgan fingerprint density at radius 3 is 1.79 bits per heavy atom. The zero-order valence-electron chi connectivity index (χ0n) is 22.9. The summed E-state index contributed by atoms with van der Waals surface area (Å²) < 4.78 is 0. The Bertz CT molecular complexity index is 998. The van der Waals surface area contributed by atoms with Gasteiger partial charge in [0.1, 0.15) is 5.75 Å². The van der Waals surface area contributed by atoms with E-state index in [0.717, 1.165) is 17.5 Å². The van der Waals surface area contributed by atoms with Gasteiger partial charge in [-0.2, -0.15) is 0 Å². The summed E-state index contributed by atoms with van der Waals surface area (Å²) in [4.78, 5) is 2.63. The highest BCUT2D eigenvalue weighted by Gasteiger charge is 2.24. The fourth-order valence-electron chi connectivity index (χ4n) is 3.26. The highest BCUT2D eigenvalue weighted by molar-refractivity contribution is 7.99. The van der Waals surface area contributed by atoms with Gasteiger partial charge in [-0.15, -0.1) is 0 Å². The third-order valence-electron chi connectivity index (χ3n) is 5.31. The van der Waals surface area contributed by atoms with E-state index >= 15 is 0 Å². The topological polar surface area (TPSA) is 32.3 Å². The van der Waals surface area contributed by atoms with Crippen LogP contribution in [0.15, 0.2) is 76.5 Å². The Kier molecular flexibility index (Phi) is 11.9. The van der Waals surface area contributed by atoms with Crippen molar-refractivity contribution in [1.29, 1.82) is 0 Å². The summed E-state index contributed by atoms with van der Waals surface area (Å²) in [6.45, 7) is 17.3. The standard InChI is InChI=1S/C16H26O.C13H12S.C2H7N/c1-8-11-9-12(15(2,3)4)10-13(14(11)17)16(5,6)7;1-11-7-5-6-10-13(11)14-12-8-3-2-4-9-12;1-3-2/h9-10,17H,8H2,1-7H3;2-10H,1H3;3H,1-2H3. The van der Waals surface area contributed by atoms with Crippen LogP contribution in [0.2, 0.25) is 0 Å². The summed E-state index contributed by atoms with van der Waals surface area (Å²) in [6, 6.07) is 23.2. The number of phenolic OH excluding ortho intramolecular Hbond substituents is 1. The molecule has 3 aromatic carbocycles. The highest BCUT2D eigenvalue weighted by atomic mass is 32.2.